The molecular weight excluding hydrogens is 274 g/mol. The molecule has 1 aliphatic rings. The van der Waals surface area contributed by atoms with Gasteiger partial charge in [-0.05, 0) is 31.0 Å². The predicted molar refractivity (Wildman–Crippen MR) is 82.0 cm³/mol. The predicted octanol–water partition coefficient (Wildman–Crippen LogP) is 1.29. The molecule has 5 nitrogen and oxygen atoms in total. The number of hydrogen-bond acceptors (Lipinski definition) is 6. The van der Waals surface area contributed by atoms with Crippen molar-refractivity contribution in [2.45, 2.75) is 24.8 Å². The van der Waals surface area contributed by atoms with Gasteiger partial charge in [0, 0.05) is 31.9 Å². The maximum absolute atomic E-state index is 5.63. The number of nitrogens with zero attached hydrogens (tertiary/aromatic N) is 2. The Balaban J connectivity index is 1.82. The van der Waals surface area contributed by atoms with E-state index < -0.39 is 0 Å². The van der Waals surface area contributed by atoms with Gasteiger partial charge in [-0.3, -0.25) is 4.90 Å². The van der Waals surface area contributed by atoms with Crippen molar-refractivity contribution in [2.75, 3.05) is 32.8 Å². The minimum absolute atomic E-state index is 0.0116. The van der Waals surface area contributed by atoms with E-state index in [0.717, 1.165) is 39.1 Å². The number of ether oxygens (including phenoxy) is 2. The molecule has 1 unspecified atom stereocenters. The minimum Gasteiger partial charge on any atom is -0.478 e. The maximum Gasteiger partial charge on any atom is 0.213 e. The molecule has 0 aliphatic carbocycles. The van der Waals surface area contributed by atoms with E-state index in [1.807, 2.05) is 12.1 Å². The van der Waals surface area contributed by atoms with E-state index in [0.29, 0.717) is 19.0 Å². The molecule has 0 bridgehead atoms. The van der Waals surface area contributed by atoms with E-state index in [4.69, 9.17) is 15.2 Å². The topological polar surface area (TPSA) is 60.6 Å². The molecular formula is C14H23N3O2S. The monoisotopic (exact) mass is 297 g/mol. The van der Waals surface area contributed by atoms with Crippen LogP contribution in [-0.2, 0) is 11.3 Å². The summed E-state index contributed by atoms with van der Waals surface area (Å²) < 4.78 is 11.1. The van der Waals surface area contributed by atoms with Crippen molar-refractivity contribution in [1.82, 2.24) is 9.88 Å². The van der Waals surface area contributed by atoms with Gasteiger partial charge >= 0.3 is 0 Å². The Labute approximate surface area is 125 Å². The molecule has 2 N–H and O–H groups in total. The van der Waals surface area contributed by atoms with Crippen molar-refractivity contribution >= 4 is 12.6 Å². The largest absolute Gasteiger partial charge is 0.478 e. The molecule has 1 aromatic heterocycles. The Kier molecular flexibility index (Phi) is 6.59. The summed E-state index contributed by atoms with van der Waals surface area (Å²) in [5.74, 6) is 0.690. The molecule has 1 atom stereocenters. The first-order valence-electron chi connectivity index (χ1n) is 7.08. The van der Waals surface area contributed by atoms with Crippen molar-refractivity contribution in [3.8, 4) is 5.88 Å². The molecule has 0 radical (unpaired) electrons. The third-order valence-corrected chi connectivity index (χ3v) is 3.50. The van der Waals surface area contributed by atoms with Crippen molar-refractivity contribution in [3.05, 3.63) is 23.9 Å². The fourth-order valence-electron chi connectivity index (χ4n) is 2.14. The summed E-state index contributed by atoms with van der Waals surface area (Å²) in [6.45, 7) is 4.77. The van der Waals surface area contributed by atoms with Crippen LogP contribution in [0, 0.1) is 0 Å². The molecule has 1 fully saturated rings. The first-order valence-corrected chi connectivity index (χ1v) is 7.59. The summed E-state index contributed by atoms with van der Waals surface area (Å²) in [6.07, 6.45) is 3.75. The van der Waals surface area contributed by atoms with Gasteiger partial charge in [0.1, 0.15) is 5.44 Å². The lowest BCUT2D eigenvalue weighted by Crippen LogP contribution is -2.39. The van der Waals surface area contributed by atoms with Crippen LogP contribution in [0.1, 0.15) is 18.4 Å². The molecule has 2 rings (SSSR count). The highest BCUT2D eigenvalue weighted by Crippen LogP contribution is 2.15. The molecule has 0 spiro atoms. The van der Waals surface area contributed by atoms with Crippen LogP contribution in [0.2, 0.25) is 0 Å². The number of aromatic nitrogens is 1. The van der Waals surface area contributed by atoms with Crippen molar-refractivity contribution in [3.63, 3.8) is 0 Å². The van der Waals surface area contributed by atoms with Gasteiger partial charge in [-0.25, -0.2) is 4.98 Å². The van der Waals surface area contributed by atoms with Gasteiger partial charge in [0.15, 0.2) is 0 Å². The van der Waals surface area contributed by atoms with Crippen molar-refractivity contribution in [2.24, 2.45) is 5.73 Å². The summed E-state index contributed by atoms with van der Waals surface area (Å²) in [6, 6.07) is 4.03. The van der Waals surface area contributed by atoms with Gasteiger partial charge in [-0.1, -0.05) is 0 Å². The van der Waals surface area contributed by atoms with E-state index in [1.54, 1.807) is 6.20 Å². The van der Waals surface area contributed by atoms with E-state index in [-0.39, 0.29) is 5.44 Å². The third kappa shape index (κ3) is 5.28. The number of unbranched alkanes of at least 4 members (excludes halogenated alkanes) is 1. The molecule has 2 heterocycles. The van der Waals surface area contributed by atoms with Gasteiger partial charge < -0.3 is 15.2 Å². The second-order valence-electron chi connectivity index (χ2n) is 4.91. The Hall–Kier alpha value is -0.820. The Morgan fingerprint density at radius 3 is 3.20 bits per heavy atom. The molecule has 0 aromatic carbocycles. The normalized spacial score (nSPS) is 20.0. The van der Waals surface area contributed by atoms with Crippen molar-refractivity contribution < 1.29 is 9.47 Å². The fourth-order valence-corrected chi connectivity index (χ4v) is 2.47. The van der Waals surface area contributed by atoms with Crippen LogP contribution in [0.5, 0.6) is 5.88 Å². The van der Waals surface area contributed by atoms with Gasteiger partial charge in [0.2, 0.25) is 5.88 Å². The first kappa shape index (κ1) is 15.6. The molecule has 1 saturated heterocycles. The molecule has 1 aromatic rings. The standard InChI is InChI=1S/C14H23N3O2S/c15-4-1-2-7-18-13-9-12(3-5-16-13)10-17-6-8-19-14(20)11-17/h3,5,9,14,20H,1-2,4,6-8,10-11,15H2. The first-order chi connectivity index (χ1) is 9.78. The number of pyridine rings is 1. The van der Waals surface area contributed by atoms with Crippen LogP contribution in [0.15, 0.2) is 18.3 Å². The van der Waals surface area contributed by atoms with Crippen LogP contribution in [-0.4, -0.2) is 48.2 Å². The number of thiol groups is 1. The number of rotatable bonds is 7. The second-order valence-corrected chi connectivity index (χ2v) is 5.48. The summed E-state index contributed by atoms with van der Waals surface area (Å²) in [5.41, 5.74) is 6.67. The molecule has 20 heavy (non-hydrogen) atoms. The zero-order valence-electron chi connectivity index (χ0n) is 11.7. The molecule has 112 valence electrons. The highest BCUT2D eigenvalue weighted by atomic mass is 32.1. The SMILES string of the molecule is NCCCCOc1cc(CN2CCOC(S)C2)ccn1. The second kappa shape index (κ2) is 8.46. The van der Waals surface area contributed by atoms with E-state index in [2.05, 4.69) is 22.5 Å². The average molecular weight is 297 g/mol. The molecule has 6 heteroatoms. The summed E-state index contributed by atoms with van der Waals surface area (Å²) >= 11 is 4.36. The zero-order valence-corrected chi connectivity index (χ0v) is 12.6. The third-order valence-electron chi connectivity index (χ3n) is 3.19. The molecule has 1 aliphatic heterocycles. The van der Waals surface area contributed by atoms with Gasteiger partial charge in [-0.2, -0.15) is 0 Å². The number of nitrogens with two attached hydrogens (primary N) is 1. The lowest BCUT2D eigenvalue weighted by Gasteiger charge is -2.30. The van der Waals surface area contributed by atoms with Crippen LogP contribution < -0.4 is 10.5 Å². The molecule has 0 amide bonds. The van der Waals surface area contributed by atoms with Gasteiger partial charge in [0.05, 0.1) is 13.2 Å². The smallest absolute Gasteiger partial charge is 0.213 e. The quantitative estimate of drug-likeness (QED) is 0.586. The summed E-state index contributed by atoms with van der Waals surface area (Å²) in [4.78, 5) is 6.56. The highest BCUT2D eigenvalue weighted by Gasteiger charge is 2.17. The Morgan fingerprint density at radius 1 is 1.50 bits per heavy atom. The van der Waals surface area contributed by atoms with Crippen LogP contribution in [0.3, 0.4) is 0 Å². The zero-order chi connectivity index (χ0) is 14.2. The van der Waals surface area contributed by atoms with Crippen molar-refractivity contribution in [1.29, 1.82) is 0 Å². The lowest BCUT2D eigenvalue weighted by atomic mass is 10.2. The number of morpholine rings is 1. The van der Waals surface area contributed by atoms with E-state index >= 15 is 0 Å². The lowest BCUT2D eigenvalue weighted by molar-refractivity contribution is 0.0157. The van der Waals surface area contributed by atoms with Gasteiger partial charge in [0.25, 0.3) is 0 Å². The van der Waals surface area contributed by atoms with E-state index in [9.17, 15) is 0 Å². The molecule has 0 saturated carbocycles. The van der Waals surface area contributed by atoms with Gasteiger partial charge in [-0.15, -0.1) is 12.6 Å². The Bertz CT molecular complexity index is 406. The number of hydrogen-bond donors (Lipinski definition) is 2. The average Bonchev–Trinajstić information content (AvgIpc) is 2.44. The fraction of sp³-hybridized carbons (Fsp3) is 0.643. The van der Waals surface area contributed by atoms with E-state index in [1.165, 1.54) is 5.56 Å². The summed E-state index contributed by atoms with van der Waals surface area (Å²) in [5, 5.41) is 0. The minimum atomic E-state index is 0.0116. The van der Waals surface area contributed by atoms with Crippen LogP contribution in [0.25, 0.3) is 0 Å². The van der Waals surface area contributed by atoms with Crippen LogP contribution >= 0.6 is 12.6 Å². The van der Waals surface area contributed by atoms with Crippen LogP contribution in [0.4, 0.5) is 0 Å². The summed E-state index contributed by atoms with van der Waals surface area (Å²) in [7, 11) is 0. The maximum atomic E-state index is 5.63. The Morgan fingerprint density at radius 2 is 2.40 bits per heavy atom. The highest BCUT2D eigenvalue weighted by molar-refractivity contribution is 7.80.